The summed E-state index contributed by atoms with van der Waals surface area (Å²) in [4.78, 5) is 21.2. The largest absolute Gasteiger partial charge is 0.354 e. The highest BCUT2D eigenvalue weighted by molar-refractivity contribution is 5.74. The lowest BCUT2D eigenvalue weighted by Crippen LogP contribution is -2.18. The molecule has 2 heterocycles. The van der Waals surface area contributed by atoms with Gasteiger partial charge >= 0.3 is 0 Å². The molecule has 2 rings (SSSR count). The second-order valence-electron chi connectivity index (χ2n) is 4.19. The highest BCUT2D eigenvalue weighted by Crippen LogP contribution is 2.11. The van der Waals surface area contributed by atoms with Gasteiger partial charge in [0.1, 0.15) is 5.82 Å². The third-order valence-electron chi connectivity index (χ3n) is 2.64. The maximum absolute atomic E-state index is 10.6. The van der Waals surface area contributed by atoms with Crippen molar-refractivity contribution in [2.24, 2.45) is 0 Å². The van der Waals surface area contributed by atoms with Gasteiger partial charge in [0.25, 0.3) is 0 Å². The topological polar surface area (TPSA) is 46.1 Å². The van der Waals surface area contributed by atoms with Crippen LogP contribution in [0.2, 0.25) is 0 Å². The Bertz CT molecular complexity index is 537. The van der Waals surface area contributed by atoms with Crippen molar-refractivity contribution in [1.29, 1.82) is 0 Å². The third-order valence-corrected chi connectivity index (χ3v) is 2.64. The molecule has 0 fully saturated rings. The molecule has 0 N–H and O–H groups in total. The molecule has 0 aliphatic rings. The molecule has 0 bridgehead atoms. The molecule has 0 atom stereocenters. The minimum absolute atomic E-state index is 0.584. The molecular formula is C14H15N3O. The summed E-state index contributed by atoms with van der Waals surface area (Å²) in [6.07, 6.45) is 2.36. The van der Waals surface area contributed by atoms with Crippen molar-refractivity contribution in [3.8, 4) is 0 Å². The summed E-state index contributed by atoms with van der Waals surface area (Å²) < 4.78 is 0. The Hall–Kier alpha value is -2.23. The standard InChI is InChI=1S/C14H15N3O/c1-11-4-3-5-13(16-11)9-17(2)14-7-6-12(10-18)8-15-14/h3-8,10H,9H2,1-2H3. The van der Waals surface area contributed by atoms with E-state index < -0.39 is 0 Å². The van der Waals surface area contributed by atoms with Crippen LogP contribution in [0.4, 0.5) is 5.82 Å². The lowest BCUT2D eigenvalue weighted by Gasteiger charge is -2.17. The van der Waals surface area contributed by atoms with E-state index in [1.54, 1.807) is 12.3 Å². The van der Waals surface area contributed by atoms with Crippen molar-refractivity contribution >= 4 is 12.1 Å². The quantitative estimate of drug-likeness (QED) is 0.770. The molecule has 0 aliphatic heterocycles. The molecule has 4 nitrogen and oxygen atoms in total. The lowest BCUT2D eigenvalue weighted by molar-refractivity contribution is 0.112. The number of pyridine rings is 2. The maximum Gasteiger partial charge on any atom is 0.151 e. The van der Waals surface area contributed by atoms with Crippen LogP contribution in [0.25, 0.3) is 0 Å². The van der Waals surface area contributed by atoms with Crippen LogP contribution in [0, 0.1) is 6.92 Å². The lowest BCUT2D eigenvalue weighted by atomic mass is 10.3. The van der Waals surface area contributed by atoms with Gasteiger partial charge in [-0.2, -0.15) is 0 Å². The minimum Gasteiger partial charge on any atom is -0.354 e. The molecule has 0 radical (unpaired) electrons. The molecule has 0 spiro atoms. The normalized spacial score (nSPS) is 10.1. The Morgan fingerprint density at radius 2 is 2.11 bits per heavy atom. The Balaban J connectivity index is 2.11. The van der Waals surface area contributed by atoms with E-state index in [4.69, 9.17) is 0 Å². The van der Waals surface area contributed by atoms with Crippen molar-refractivity contribution in [2.75, 3.05) is 11.9 Å². The van der Waals surface area contributed by atoms with Crippen LogP contribution >= 0.6 is 0 Å². The van der Waals surface area contributed by atoms with Crippen LogP contribution < -0.4 is 4.90 Å². The first-order valence-corrected chi connectivity index (χ1v) is 5.74. The van der Waals surface area contributed by atoms with Gasteiger partial charge in [-0.3, -0.25) is 9.78 Å². The van der Waals surface area contributed by atoms with Gasteiger partial charge in [-0.05, 0) is 31.2 Å². The molecule has 0 aliphatic carbocycles. The molecule has 4 heteroatoms. The second kappa shape index (κ2) is 5.40. The molecule has 0 saturated carbocycles. The highest BCUT2D eigenvalue weighted by atomic mass is 16.1. The average molecular weight is 241 g/mol. The SMILES string of the molecule is Cc1cccc(CN(C)c2ccc(C=O)cn2)n1. The molecule has 0 saturated heterocycles. The van der Waals surface area contributed by atoms with E-state index in [-0.39, 0.29) is 0 Å². The zero-order valence-corrected chi connectivity index (χ0v) is 10.5. The van der Waals surface area contributed by atoms with E-state index in [1.807, 2.05) is 43.1 Å². The van der Waals surface area contributed by atoms with Crippen LogP contribution in [0.3, 0.4) is 0 Å². The number of hydrogen-bond acceptors (Lipinski definition) is 4. The van der Waals surface area contributed by atoms with Crippen molar-refractivity contribution in [2.45, 2.75) is 13.5 Å². The number of aromatic nitrogens is 2. The number of rotatable bonds is 4. The fraction of sp³-hybridized carbons (Fsp3) is 0.214. The first-order chi connectivity index (χ1) is 8.69. The number of aryl methyl sites for hydroxylation is 1. The summed E-state index contributed by atoms with van der Waals surface area (Å²) in [7, 11) is 1.95. The van der Waals surface area contributed by atoms with E-state index in [0.29, 0.717) is 12.1 Å². The number of hydrogen-bond donors (Lipinski definition) is 0. The summed E-state index contributed by atoms with van der Waals surface area (Å²) in [5, 5.41) is 0. The van der Waals surface area contributed by atoms with E-state index in [2.05, 4.69) is 9.97 Å². The van der Waals surface area contributed by atoms with Crippen LogP contribution in [0.1, 0.15) is 21.7 Å². The third kappa shape index (κ3) is 2.91. The zero-order chi connectivity index (χ0) is 13.0. The van der Waals surface area contributed by atoms with Gasteiger partial charge in [0.2, 0.25) is 0 Å². The minimum atomic E-state index is 0.584. The van der Waals surface area contributed by atoms with Crippen molar-refractivity contribution < 1.29 is 4.79 Å². The fourth-order valence-electron chi connectivity index (χ4n) is 1.70. The van der Waals surface area contributed by atoms with Crippen molar-refractivity contribution in [3.63, 3.8) is 0 Å². The summed E-state index contributed by atoms with van der Waals surface area (Å²) in [5.74, 6) is 0.823. The van der Waals surface area contributed by atoms with E-state index >= 15 is 0 Å². The number of aldehydes is 1. The van der Waals surface area contributed by atoms with Gasteiger partial charge in [-0.1, -0.05) is 6.07 Å². The van der Waals surface area contributed by atoms with Crippen molar-refractivity contribution in [3.05, 3.63) is 53.5 Å². The summed E-state index contributed by atoms with van der Waals surface area (Å²) >= 11 is 0. The highest BCUT2D eigenvalue weighted by Gasteiger charge is 2.04. The summed E-state index contributed by atoms with van der Waals surface area (Å²) in [5.41, 5.74) is 2.59. The van der Waals surface area contributed by atoms with Gasteiger partial charge in [-0.25, -0.2) is 4.98 Å². The number of carbonyl (C=O) groups excluding carboxylic acids is 1. The van der Waals surface area contributed by atoms with Gasteiger partial charge in [-0.15, -0.1) is 0 Å². The molecular weight excluding hydrogens is 226 g/mol. The molecule has 2 aromatic heterocycles. The van der Waals surface area contributed by atoms with Crippen LogP contribution in [-0.4, -0.2) is 23.3 Å². The number of carbonyl (C=O) groups is 1. The first kappa shape index (κ1) is 12.2. The summed E-state index contributed by atoms with van der Waals surface area (Å²) in [6.45, 7) is 2.66. The maximum atomic E-state index is 10.6. The van der Waals surface area contributed by atoms with Crippen LogP contribution in [0.5, 0.6) is 0 Å². The fourth-order valence-corrected chi connectivity index (χ4v) is 1.70. The Labute approximate surface area is 106 Å². The van der Waals surface area contributed by atoms with Crippen molar-refractivity contribution in [1.82, 2.24) is 9.97 Å². The van der Waals surface area contributed by atoms with Gasteiger partial charge in [0.15, 0.2) is 6.29 Å². The van der Waals surface area contributed by atoms with E-state index in [1.165, 1.54) is 0 Å². The molecule has 92 valence electrons. The Morgan fingerprint density at radius 1 is 1.28 bits per heavy atom. The average Bonchev–Trinajstić information content (AvgIpc) is 2.39. The van der Waals surface area contributed by atoms with Gasteiger partial charge in [0.05, 0.1) is 12.2 Å². The smallest absolute Gasteiger partial charge is 0.151 e. The van der Waals surface area contributed by atoms with E-state index in [9.17, 15) is 4.79 Å². The van der Waals surface area contributed by atoms with Crippen LogP contribution in [-0.2, 0) is 6.54 Å². The van der Waals surface area contributed by atoms with Crippen LogP contribution in [0.15, 0.2) is 36.5 Å². The predicted octanol–water partition coefficient (Wildman–Crippen LogP) is 2.23. The Morgan fingerprint density at radius 3 is 2.72 bits per heavy atom. The van der Waals surface area contributed by atoms with Gasteiger partial charge < -0.3 is 4.90 Å². The Kier molecular flexibility index (Phi) is 3.67. The summed E-state index contributed by atoms with van der Waals surface area (Å²) in [6, 6.07) is 9.55. The second-order valence-corrected chi connectivity index (χ2v) is 4.19. The number of anilines is 1. The molecule has 2 aromatic rings. The molecule has 0 aromatic carbocycles. The van der Waals surface area contributed by atoms with Gasteiger partial charge in [0, 0.05) is 24.5 Å². The molecule has 0 amide bonds. The predicted molar refractivity (Wildman–Crippen MR) is 70.7 cm³/mol. The number of nitrogens with zero attached hydrogens (tertiary/aromatic N) is 3. The first-order valence-electron chi connectivity index (χ1n) is 5.74. The van der Waals surface area contributed by atoms with E-state index in [0.717, 1.165) is 23.5 Å². The monoisotopic (exact) mass is 241 g/mol. The zero-order valence-electron chi connectivity index (χ0n) is 10.5. The molecule has 18 heavy (non-hydrogen) atoms. The molecule has 0 unspecified atom stereocenters.